The van der Waals surface area contributed by atoms with E-state index in [9.17, 15) is 10.1 Å². The molecule has 1 N–H and O–H groups in total. The molecule has 0 atom stereocenters. The van der Waals surface area contributed by atoms with Crippen LogP contribution in [-0.2, 0) is 0 Å². The van der Waals surface area contributed by atoms with Crippen LogP contribution in [-0.4, -0.2) is 27.4 Å². The predicted octanol–water partition coefficient (Wildman–Crippen LogP) is 1.46. The minimum atomic E-state index is -0.447. The first kappa shape index (κ1) is 10.9. The van der Waals surface area contributed by atoms with E-state index in [1.165, 1.54) is 30.1 Å². The van der Waals surface area contributed by atoms with Crippen LogP contribution in [0.25, 0.3) is 0 Å². The highest BCUT2D eigenvalue weighted by Gasteiger charge is 2.06. The van der Waals surface area contributed by atoms with Gasteiger partial charge in [-0.3, -0.25) is 10.1 Å². The van der Waals surface area contributed by atoms with Crippen molar-refractivity contribution in [3.63, 3.8) is 0 Å². The molecule has 0 aromatic carbocycles. The van der Waals surface area contributed by atoms with Crippen molar-refractivity contribution in [1.29, 1.82) is 0 Å². The summed E-state index contributed by atoms with van der Waals surface area (Å²) < 4.78 is 0. The fourth-order valence-corrected chi connectivity index (χ4v) is 1.65. The zero-order valence-electron chi connectivity index (χ0n) is 7.42. The van der Waals surface area contributed by atoms with E-state index in [0.717, 1.165) is 0 Å². The van der Waals surface area contributed by atoms with Crippen molar-refractivity contribution in [1.82, 2.24) is 4.98 Å². The van der Waals surface area contributed by atoms with E-state index in [4.69, 9.17) is 5.11 Å². The lowest BCUT2D eigenvalue weighted by atomic mass is 10.4. The van der Waals surface area contributed by atoms with Crippen LogP contribution in [0.5, 0.6) is 0 Å². The van der Waals surface area contributed by atoms with Crippen LogP contribution in [0.2, 0.25) is 0 Å². The van der Waals surface area contributed by atoms with E-state index in [1.807, 2.05) is 0 Å². The minimum absolute atomic E-state index is 0.0477. The van der Waals surface area contributed by atoms with E-state index in [1.54, 1.807) is 0 Å². The highest BCUT2D eigenvalue weighted by atomic mass is 32.2. The number of aliphatic hydroxyl groups excluding tert-OH is 1. The maximum atomic E-state index is 10.4. The summed E-state index contributed by atoms with van der Waals surface area (Å²) in [6, 6.07) is 2.79. The predicted molar refractivity (Wildman–Crippen MR) is 53.3 cm³/mol. The first-order valence-electron chi connectivity index (χ1n) is 4.08. The number of aliphatic hydroxyl groups is 1. The summed E-state index contributed by atoms with van der Waals surface area (Å²) in [5.41, 5.74) is 0.0477. The van der Waals surface area contributed by atoms with Crippen LogP contribution in [0.15, 0.2) is 23.4 Å². The van der Waals surface area contributed by atoms with Gasteiger partial charge in [-0.15, -0.1) is 11.8 Å². The number of rotatable bonds is 5. The Morgan fingerprint density at radius 3 is 3.07 bits per heavy atom. The number of nitrogens with zero attached hydrogens (tertiary/aromatic N) is 2. The molecule has 0 aliphatic heterocycles. The van der Waals surface area contributed by atoms with Gasteiger partial charge in [0.2, 0.25) is 0 Å². The van der Waals surface area contributed by atoms with E-state index in [-0.39, 0.29) is 12.3 Å². The molecule has 0 aliphatic carbocycles. The van der Waals surface area contributed by atoms with Gasteiger partial charge in [-0.05, 0) is 6.42 Å². The number of hydrogen-bond acceptors (Lipinski definition) is 5. The van der Waals surface area contributed by atoms with Crippen LogP contribution < -0.4 is 0 Å². The third-order valence-electron chi connectivity index (χ3n) is 1.48. The lowest BCUT2D eigenvalue weighted by molar-refractivity contribution is -0.385. The maximum Gasteiger partial charge on any atom is 0.273 e. The first-order valence-corrected chi connectivity index (χ1v) is 5.06. The Balaban J connectivity index is 2.59. The van der Waals surface area contributed by atoms with Gasteiger partial charge in [-0.2, -0.15) is 0 Å². The van der Waals surface area contributed by atoms with Gasteiger partial charge in [0, 0.05) is 30.7 Å². The molecular formula is C8H10N2O3S. The van der Waals surface area contributed by atoms with Gasteiger partial charge in [-0.1, -0.05) is 0 Å². The van der Waals surface area contributed by atoms with Crippen molar-refractivity contribution in [3.05, 3.63) is 28.4 Å². The summed E-state index contributed by atoms with van der Waals surface area (Å²) in [5, 5.41) is 19.6. The molecule has 76 valence electrons. The molecule has 1 aromatic rings. The molecule has 0 saturated carbocycles. The molecule has 1 heterocycles. The molecule has 0 bridgehead atoms. The molecule has 0 amide bonds. The fourth-order valence-electron chi connectivity index (χ4n) is 0.833. The third kappa shape index (κ3) is 3.31. The Morgan fingerprint density at radius 2 is 2.43 bits per heavy atom. The summed E-state index contributed by atoms with van der Waals surface area (Å²) in [4.78, 5) is 13.9. The second kappa shape index (κ2) is 5.56. The van der Waals surface area contributed by atoms with Gasteiger partial charge in [0.25, 0.3) is 5.69 Å². The van der Waals surface area contributed by atoms with Crippen LogP contribution >= 0.6 is 11.8 Å². The summed E-state index contributed by atoms with van der Waals surface area (Å²) in [6.07, 6.45) is 2.08. The smallest absolute Gasteiger partial charge is 0.273 e. The van der Waals surface area contributed by atoms with Crippen molar-refractivity contribution in [2.45, 2.75) is 11.4 Å². The third-order valence-corrected chi connectivity index (χ3v) is 2.49. The number of aromatic nitrogens is 1. The molecule has 0 saturated heterocycles. The average molecular weight is 214 g/mol. The Hall–Kier alpha value is -1.14. The molecule has 0 spiro atoms. The van der Waals surface area contributed by atoms with Gasteiger partial charge in [0.05, 0.1) is 4.92 Å². The van der Waals surface area contributed by atoms with Crippen LogP contribution in [0, 0.1) is 10.1 Å². The van der Waals surface area contributed by atoms with Crippen molar-refractivity contribution in [2.75, 3.05) is 12.4 Å². The molecule has 5 nitrogen and oxygen atoms in total. The molecule has 14 heavy (non-hydrogen) atoms. The Labute approximate surface area is 85.3 Å². The van der Waals surface area contributed by atoms with Gasteiger partial charge in [0.1, 0.15) is 5.03 Å². The summed E-state index contributed by atoms with van der Waals surface area (Å²) in [7, 11) is 0. The highest BCUT2D eigenvalue weighted by molar-refractivity contribution is 7.99. The highest BCUT2D eigenvalue weighted by Crippen LogP contribution is 2.20. The molecule has 0 unspecified atom stereocenters. The topological polar surface area (TPSA) is 76.3 Å². The number of nitro groups is 1. The first-order chi connectivity index (χ1) is 6.74. The zero-order valence-corrected chi connectivity index (χ0v) is 8.24. The molecule has 6 heteroatoms. The van der Waals surface area contributed by atoms with E-state index < -0.39 is 4.92 Å². The van der Waals surface area contributed by atoms with Crippen LogP contribution in [0.4, 0.5) is 5.69 Å². The number of pyridine rings is 1. The van der Waals surface area contributed by atoms with E-state index in [2.05, 4.69) is 4.98 Å². The zero-order chi connectivity index (χ0) is 10.4. The van der Waals surface area contributed by atoms with Gasteiger partial charge >= 0.3 is 0 Å². The van der Waals surface area contributed by atoms with Gasteiger partial charge < -0.3 is 5.11 Å². The van der Waals surface area contributed by atoms with Crippen molar-refractivity contribution in [2.24, 2.45) is 0 Å². The van der Waals surface area contributed by atoms with Gasteiger partial charge in [0.15, 0.2) is 0 Å². The quantitative estimate of drug-likeness (QED) is 0.347. The Bertz CT molecular complexity index is 319. The van der Waals surface area contributed by atoms with Crippen LogP contribution in [0.1, 0.15) is 6.42 Å². The molecule has 1 rings (SSSR count). The summed E-state index contributed by atoms with van der Waals surface area (Å²) >= 11 is 1.40. The standard InChI is InChI=1S/C8H10N2O3S/c11-4-1-5-14-8-6-7(10(12)13)2-3-9-8/h2-3,6,11H,1,4-5H2. The summed E-state index contributed by atoms with van der Waals surface area (Å²) in [5.74, 6) is 0.713. The van der Waals surface area contributed by atoms with Gasteiger partial charge in [-0.25, -0.2) is 4.98 Å². The van der Waals surface area contributed by atoms with Crippen molar-refractivity contribution < 1.29 is 10.0 Å². The molecule has 0 radical (unpaired) electrons. The maximum absolute atomic E-state index is 10.4. The molecule has 0 aliphatic rings. The Morgan fingerprint density at radius 1 is 1.64 bits per heavy atom. The Kier molecular flexibility index (Phi) is 4.34. The summed E-state index contributed by atoms with van der Waals surface area (Å²) in [6.45, 7) is 0.127. The average Bonchev–Trinajstić information content (AvgIpc) is 2.19. The van der Waals surface area contributed by atoms with E-state index >= 15 is 0 Å². The van der Waals surface area contributed by atoms with Crippen molar-refractivity contribution in [3.8, 4) is 0 Å². The lowest BCUT2D eigenvalue weighted by Crippen LogP contribution is -1.91. The largest absolute Gasteiger partial charge is 0.396 e. The lowest BCUT2D eigenvalue weighted by Gasteiger charge is -1.98. The molecule has 0 fully saturated rings. The number of thioether (sulfide) groups is 1. The van der Waals surface area contributed by atoms with Crippen molar-refractivity contribution >= 4 is 17.4 Å². The number of hydrogen-bond donors (Lipinski definition) is 1. The normalized spacial score (nSPS) is 10.1. The SMILES string of the molecule is O=[N+]([O-])c1ccnc(SCCCO)c1. The van der Waals surface area contributed by atoms with E-state index in [0.29, 0.717) is 17.2 Å². The minimum Gasteiger partial charge on any atom is -0.396 e. The van der Waals surface area contributed by atoms with Crippen LogP contribution in [0.3, 0.4) is 0 Å². The fraction of sp³-hybridized carbons (Fsp3) is 0.375. The second-order valence-electron chi connectivity index (χ2n) is 2.54. The second-order valence-corrected chi connectivity index (χ2v) is 3.65. The molecular weight excluding hydrogens is 204 g/mol. The monoisotopic (exact) mass is 214 g/mol. The molecule has 1 aromatic heterocycles.